The Morgan fingerprint density at radius 2 is 1.50 bits per heavy atom. The highest BCUT2D eigenvalue weighted by molar-refractivity contribution is 6.99. The number of ether oxygens (including phenoxy) is 1. The third-order valence-corrected chi connectivity index (χ3v) is 11.8. The van der Waals surface area contributed by atoms with E-state index in [0.717, 1.165) is 0 Å². The lowest BCUT2D eigenvalue weighted by molar-refractivity contribution is -0.384. The SMILES string of the molecule is COc1cc([N+](=O)[O-])ccc1-n1cccc(CCO[Si](c2ccccc2)(c2ccccc2)C(C)(C)C)c1=O. The molecule has 0 spiro atoms. The van der Waals surface area contributed by atoms with Gasteiger partial charge in [0.2, 0.25) is 0 Å². The van der Waals surface area contributed by atoms with Crippen LogP contribution in [0.3, 0.4) is 0 Å². The fraction of sp³-hybridized carbons (Fsp3) is 0.233. The van der Waals surface area contributed by atoms with Crippen molar-refractivity contribution in [2.75, 3.05) is 13.7 Å². The van der Waals surface area contributed by atoms with Crippen LogP contribution in [0.5, 0.6) is 5.75 Å². The van der Waals surface area contributed by atoms with Gasteiger partial charge in [0.15, 0.2) is 0 Å². The maximum Gasteiger partial charge on any atom is 0.273 e. The lowest BCUT2D eigenvalue weighted by Crippen LogP contribution is -2.66. The van der Waals surface area contributed by atoms with Crippen LogP contribution in [0.1, 0.15) is 26.3 Å². The summed E-state index contributed by atoms with van der Waals surface area (Å²) >= 11 is 0. The second-order valence-corrected chi connectivity index (χ2v) is 14.4. The van der Waals surface area contributed by atoms with E-state index >= 15 is 0 Å². The van der Waals surface area contributed by atoms with Gasteiger partial charge in [0.25, 0.3) is 19.6 Å². The molecule has 0 fully saturated rings. The molecule has 0 saturated heterocycles. The quantitative estimate of drug-likeness (QED) is 0.176. The molecule has 0 amide bonds. The molecule has 1 aromatic heterocycles. The van der Waals surface area contributed by atoms with Crippen molar-refractivity contribution in [1.82, 2.24) is 4.57 Å². The Balaban J connectivity index is 1.68. The number of hydrogen-bond donors (Lipinski definition) is 0. The van der Waals surface area contributed by atoms with E-state index in [-0.39, 0.29) is 22.0 Å². The van der Waals surface area contributed by atoms with Crippen LogP contribution in [-0.2, 0) is 10.8 Å². The molecule has 196 valence electrons. The Morgan fingerprint density at radius 3 is 2.03 bits per heavy atom. The lowest BCUT2D eigenvalue weighted by Gasteiger charge is -2.43. The Kier molecular flexibility index (Phi) is 7.94. The van der Waals surface area contributed by atoms with Gasteiger partial charge in [-0.25, -0.2) is 0 Å². The first-order valence-electron chi connectivity index (χ1n) is 12.5. The standard InChI is InChI=1S/C30H32N2O5Si/c1-30(2,3)38(25-13-7-5-8-14-25,26-15-9-6-10-16-26)37-21-19-23-12-11-20-31(29(23)33)27-18-17-24(32(34)35)22-28(27)36-4/h5-18,20,22H,19,21H2,1-4H3. The van der Waals surface area contributed by atoms with Gasteiger partial charge in [0, 0.05) is 24.4 Å². The van der Waals surface area contributed by atoms with E-state index < -0.39 is 13.2 Å². The van der Waals surface area contributed by atoms with Crippen molar-refractivity contribution in [3.05, 3.63) is 123 Å². The summed E-state index contributed by atoms with van der Waals surface area (Å²) in [6.45, 7) is 7.02. The highest BCUT2D eigenvalue weighted by atomic mass is 28.4. The zero-order chi connectivity index (χ0) is 27.3. The largest absolute Gasteiger partial charge is 0.494 e. The Morgan fingerprint density at radius 1 is 0.895 bits per heavy atom. The predicted octanol–water partition coefficient (Wildman–Crippen LogP) is 4.87. The summed E-state index contributed by atoms with van der Waals surface area (Å²) in [5, 5.41) is 13.4. The minimum atomic E-state index is -2.72. The van der Waals surface area contributed by atoms with E-state index in [1.807, 2.05) is 36.4 Å². The fourth-order valence-electron chi connectivity index (χ4n) is 4.97. The van der Waals surface area contributed by atoms with Crippen LogP contribution in [0.4, 0.5) is 5.69 Å². The molecular formula is C30H32N2O5Si. The molecule has 4 rings (SSSR count). The average molecular weight is 529 g/mol. The van der Waals surface area contributed by atoms with Crippen LogP contribution in [0, 0.1) is 10.1 Å². The Bertz CT molecular complexity index is 1420. The number of non-ortho nitro benzene ring substituents is 1. The third kappa shape index (κ3) is 5.18. The third-order valence-electron chi connectivity index (χ3n) is 6.77. The maximum atomic E-state index is 13.5. The summed E-state index contributed by atoms with van der Waals surface area (Å²) in [5.41, 5.74) is 0.711. The number of nitrogens with zero attached hydrogens (tertiary/aromatic N) is 2. The van der Waals surface area contributed by atoms with Gasteiger partial charge < -0.3 is 9.16 Å². The first-order valence-corrected chi connectivity index (χ1v) is 14.4. The summed E-state index contributed by atoms with van der Waals surface area (Å²) in [6, 6.07) is 28.6. The van der Waals surface area contributed by atoms with Gasteiger partial charge in [0.1, 0.15) is 5.75 Å². The number of nitro groups is 1. The monoisotopic (exact) mass is 528 g/mol. The van der Waals surface area contributed by atoms with Crippen LogP contribution in [0.15, 0.2) is 102 Å². The number of rotatable bonds is 9. The van der Waals surface area contributed by atoms with Crippen molar-refractivity contribution in [1.29, 1.82) is 0 Å². The molecule has 0 radical (unpaired) electrons. The number of benzene rings is 3. The van der Waals surface area contributed by atoms with Crippen LogP contribution >= 0.6 is 0 Å². The zero-order valence-electron chi connectivity index (χ0n) is 22.1. The molecule has 38 heavy (non-hydrogen) atoms. The normalized spacial score (nSPS) is 11.8. The minimum Gasteiger partial charge on any atom is -0.494 e. The molecule has 3 aromatic carbocycles. The molecular weight excluding hydrogens is 496 g/mol. The second kappa shape index (κ2) is 11.2. The van der Waals surface area contributed by atoms with Gasteiger partial charge in [-0.1, -0.05) is 87.5 Å². The van der Waals surface area contributed by atoms with E-state index in [4.69, 9.17) is 9.16 Å². The Hall–Kier alpha value is -4.01. The summed E-state index contributed by atoms with van der Waals surface area (Å²) in [5.74, 6) is 0.252. The maximum absolute atomic E-state index is 13.5. The van der Waals surface area contributed by atoms with E-state index in [2.05, 4.69) is 45.0 Å². The zero-order valence-corrected chi connectivity index (χ0v) is 23.1. The molecule has 1 heterocycles. The molecule has 0 bridgehead atoms. The van der Waals surface area contributed by atoms with Gasteiger partial charge in [-0.15, -0.1) is 0 Å². The van der Waals surface area contributed by atoms with Crippen molar-refractivity contribution in [2.24, 2.45) is 0 Å². The number of aromatic nitrogens is 1. The van der Waals surface area contributed by atoms with Gasteiger partial charge in [0.05, 0.1) is 23.8 Å². The first-order chi connectivity index (χ1) is 18.2. The van der Waals surface area contributed by atoms with Crippen LogP contribution in [-0.4, -0.2) is 31.5 Å². The van der Waals surface area contributed by atoms with Crippen molar-refractivity contribution in [3.8, 4) is 11.4 Å². The summed E-state index contributed by atoms with van der Waals surface area (Å²) in [4.78, 5) is 24.2. The van der Waals surface area contributed by atoms with E-state index in [9.17, 15) is 14.9 Å². The predicted molar refractivity (Wildman–Crippen MR) is 153 cm³/mol. The number of methoxy groups -OCH3 is 1. The fourth-order valence-corrected chi connectivity index (χ4v) is 9.54. The minimum absolute atomic E-state index is 0.103. The highest BCUT2D eigenvalue weighted by Crippen LogP contribution is 2.36. The van der Waals surface area contributed by atoms with E-state index in [1.165, 1.54) is 40.2 Å². The van der Waals surface area contributed by atoms with Crippen LogP contribution < -0.4 is 20.7 Å². The van der Waals surface area contributed by atoms with Crippen molar-refractivity contribution in [3.63, 3.8) is 0 Å². The average Bonchev–Trinajstić information content (AvgIpc) is 2.92. The van der Waals surface area contributed by atoms with Crippen molar-refractivity contribution < 1.29 is 14.1 Å². The molecule has 7 nitrogen and oxygen atoms in total. The molecule has 0 atom stereocenters. The first kappa shape index (κ1) is 27.0. The molecule has 4 aromatic rings. The van der Waals surface area contributed by atoms with Crippen molar-refractivity contribution >= 4 is 24.4 Å². The van der Waals surface area contributed by atoms with Crippen molar-refractivity contribution in [2.45, 2.75) is 32.2 Å². The molecule has 0 aliphatic heterocycles. The molecule has 0 aliphatic carbocycles. The second-order valence-electron chi connectivity index (χ2n) is 10.1. The van der Waals surface area contributed by atoms with Gasteiger partial charge in [-0.2, -0.15) is 0 Å². The topological polar surface area (TPSA) is 83.6 Å². The van der Waals surface area contributed by atoms with Gasteiger partial charge in [-0.3, -0.25) is 19.5 Å². The molecule has 8 heteroatoms. The van der Waals surface area contributed by atoms with E-state index in [0.29, 0.717) is 24.3 Å². The summed E-state index contributed by atoms with van der Waals surface area (Å²) in [6.07, 6.45) is 2.05. The molecule has 0 aliphatic rings. The number of pyridine rings is 1. The highest BCUT2D eigenvalue weighted by Gasteiger charge is 2.50. The van der Waals surface area contributed by atoms with Crippen LogP contribution in [0.25, 0.3) is 5.69 Å². The van der Waals surface area contributed by atoms with Gasteiger partial charge in [-0.05, 0) is 34.0 Å². The molecule has 0 saturated carbocycles. The van der Waals surface area contributed by atoms with Gasteiger partial charge >= 0.3 is 0 Å². The van der Waals surface area contributed by atoms with Crippen LogP contribution in [0.2, 0.25) is 5.04 Å². The molecule has 0 unspecified atom stereocenters. The van der Waals surface area contributed by atoms with E-state index in [1.54, 1.807) is 18.3 Å². The smallest absolute Gasteiger partial charge is 0.273 e. The number of nitro benzene ring substituents is 1. The molecule has 0 N–H and O–H groups in total. The summed E-state index contributed by atoms with van der Waals surface area (Å²) < 4.78 is 13.8. The lowest BCUT2D eigenvalue weighted by atomic mass is 10.2. The number of hydrogen-bond acceptors (Lipinski definition) is 5. The summed E-state index contributed by atoms with van der Waals surface area (Å²) in [7, 11) is -1.30. The Labute approximate surface area is 223 Å².